The molecule has 1 rings (SSSR count). The molecule has 0 saturated carbocycles. The van der Waals surface area contributed by atoms with Crippen LogP contribution in [0.2, 0.25) is 0 Å². The molecule has 1 aromatic carbocycles. The predicted molar refractivity (Wildman–Crippen MR) is 36.6 cm³/mol. The van der Waals surface area contributed by atoms with Crippen molar-refractivity contribution in [2.75, 3.05) is 0 Å². The van der Waals surface area contributed by atoms with Gasteiger partial charge in [-0.1, -0.05) is 30.3 Å². The molecule has 0 aromatic heterocycles. The molecule has 0 amide bonds. The fraction of sp³-hybridized carbons (Fsp3) is 0. The molecular weight excluding hydrogens is 136 g/mol. The first-order valence-corrected chi connectivity index (χ1v) is 2.85. The van der Waals surface area contributed by atoms with Crippen LogP contribution >= 0.6 is 11.6 Å². The van der Waals surface area contributed by atoms with Crippen molar-refractivity contribution in [2.45, 2.75) is 0 Å². The molecule has 1 aromatic rings. The molecule has 9 heavy (non-hydrogen) atoms. The van der Waals surface area contributed by atoms with E-state index in [-0.39, 0.29) is 11.6 Å². The number of carbonyl (C=O) groups excluding carboxylic acids is 1. The highest BCUT2D eigenvalue weighted by Crippen LogP contribution is 2.01. The van der Waals surface area contributed by atoms with Gasteiger partial charge in [0.25, 0.3) is 5.24 Å². The van der Waals surface area contributed by atoms with E-state index in [2.05, 4.69) is 0 Å². The number of hydrogen-bond acceptors (Lipinski definition) is 1. The number of rotatable bonds is 1. The minimum atomic E-state index is -0.578. The summed E-state index contributed by atoms with van der Waals surface area (Å²) >= 11 is 5.15. The molecule has 0 fully saturated rings. The van der Waals surface area contributed by atoms with Crippen LogP contribution in [0.4, 0.5) is 0 Å². The van der Waals surface area contributed by atoms with Crippen molar-refractivity contribution in [3.8, 4) is 0 Å². The molecule has 0 unspecified atom stereocenters. The van der Waals surface area contributed by atoms with Gasteiger partial charge in [-0.2, -0.15) is 0 Å². The lowest BCUT2D eigenvalue weighted by Crippen LogP contribution is -1.84. The molecule has 2 heteroatoms. The Morgan fingerprint density at radius 3 is 2.78 bits per heavy atom. The van der Waals surface area contributed by atoms with E-state index in [4.69, 9.17) is 13.0 Å². The molecule has 0 heterocycles. The van der Waals surface area contributed by atoms with Gasteiger partial charge in [0.05, 0.1) is 1.37 Å². The lowest BCUT2D eigenvalue weighted by atomic mass is 10.2. The number of halogens is 1. The normalized spacial score (nSPS) is 10.6. The zero-order valence-electron chi connectivity index (χ0n) is 5.60. The van der Waals surface area contributed by atoms with Gasteiger partial charge in [0.1, 0.15) is 0 Å². The van der Waals surface area contributed by atoms with E-state index in [9.17, 15) is 4.79 Å². The Balaban J connectivity index is 3.15. The van der Waals surface area contributed by atoms with Crippen LogP contribution in [0.25, 0.3) is 0 Å². The molecule has 0 aliphatic heterocycles. The van der Waals surface area contributed by atoms with Crippen LogP contribution in [0.3, 0.4) is 0 Å². The van der Waals surface area contributed by atoms with Crippen molar-refractivity contribution in [1.29, 1.82) is 0 Å². The van der Waals surface area contributed by atoms with Crippen molar-refractivity contribution < 1.29 is 6.17 Å². The zero-order chi connectivity index (χ0) is 7.56. The molecule has 1 nitrogen and oxygen atoms in total. The molecular formula is C7H5ClO. The van der Waals surface area contributed by atoms with Crippen molar-refractivity contribution in [3.63, 3.8) is 0 Å². The van der Waals surface area contributed by atoms with Gasteiger partial charge in [-0.25, -0.2) is 0 Å². The number of carbonyl (C=O) groups is 1. The third-order valence-electron chi connectivity index (χ3n) is 0.921. The third-order valence-corrected chi connectivity index (χ3v) is 1.12. The molecule has 0 saturated heterocycles. The molecule has 0 spiro atoms. The largest absolute Gasteiger partial charge is 0.276 e. The van der Waals surface area contributed by atoms with Crippen LogP contribution in [0, 0.1) is 0 Å². The maximum atomic E-state index is 10.5. The maximum absolute atomic E-state index is 10.5. The lowest BCUT2D eigenvalue weighted by molar-refractivity contribution is 0.108. The third kappa shape index (κ3) is 1.54. The van der Waals surface area contributed by atoms with E-state index in [1.807, 2.05) is 0 Å². The quantitative estimate of drug-likeness (QED) is 0.548. The van der Waals surface area contributed by atoms with Crippen LogP contribution in [-0.2, 0) is 0 Å². The summed E-state index contributed by atoms with van der Waals surface area (Å²) in [6.45, 7) is 0. The molecule has 0 atom stereocenters. The maximum Gasteiger partial charge on any atom is 0.252 e. The van der Waals surface area contributed by atoms with E-state index in [1.54, 1.807) is 12.1 Å². The van der Waals surface area contributed by atoms with Crippen LogP contribution in [0.5, 0.6) is 0 Å². The zero-order valence-corrected chi connectivity index (χ0v) is 5.35. The van der Waals surface area contributed by atoms with Gasteiger partial charge in [0.15, 0.2) is 0 Å². The fourth-order valence-electron chi connectivity index (χ4n) is 0.516. The summed E-state index contributed by atoms with van der Waals surface area (Å²) in [5.41, 5.74) is 0.254. The molecule has 0 radical (unpaired) electrons. The summed E-state index contributed by atoms with van der Waals surface area (Å²) in [4.78, 5) is 10.5. The minimum Gasteiger partial charge on any atom is -0.276 e. The highest BCUT2D eigenvalue weighted by Gasteiger charge is 1.95. The van der Waals surface area contributed by atoms with Gasteiger partial charge in [-0.05, 0) is 11.6 Å². The molecule has 0 aliphatic rings. The van der Waals surface area contributed by atoms with E-state index < -0.39 is 5.24 Å². The summed E-state index contributed by atoms with van der Waals surface area (Å²) in [7, 11) is 0. The second kappa shape index (κ2) is 2.65. The highest BCUT2D eigenvalue weighted by molar-refractivity contribution is 6.67. The fourth-order valence-corrected chi connectivity index (χ4v) is 0.633. The Morgan fingerprint density at radius 2 is 2.33 bits per heavy atom. The standard InChI is InChI=1S/C7H5ClO/c8-7(9)6-4-2-1-3-5-6/h1-5H/i4D. The monoisotopic (exact) mass is 141 g/mol. The van der Waals surface area contributed by atoms with E-state index in [0.29, 0.717) is 0 Å². The summed E-state index contributed by atoms with van der Waals surface area (Å²) in [6, 6.07) is 6.58. The molecule has 0 bridgehead atoms. The Hall–Kier alpha value is -0.820. The first kappa shape index (κ1) is 5.00. The van der Waals surface area contributed by atoms with Crippen LogP contribution in [0.15, 0.2) is 30.3 Å². The van der Waals surface area contributed by atoms with Gasteiger partial charge < -0.3 is 0 Å². The average Bonchev–Trinajstić information content (AvgIpc) is 1.88. The van der Waals surface area contributed by atoms with Crippen LogP contribution in [-0.4, -0.2) is 5.24 Å². The Morgan fingerprint density at radius 1 is 1.56 bits per heavy atom. The van der Waals surface area contributed by atoms with E-state index in [1.165, 1.54) is 12.1 Å². The Labute approximate surface area is 59.7 Å². The molecule has 0 aliphatic carbocycles. The van der Waals surface area contributed by atoms with Gasteiger partial charge in [-0.15, -0.1) is 0 Å². The number of hydrogen-bond donors (Lipinski definition) is 0. The topological polar surface area (TPSA) is 17.1 Å². The number of benzene rings is 1. The van der Waals surface area contributed by atoms with Crippen molar-refractivity contribution in [2.24, 2.45) is 0 Å². The first-order valence-electron chi connectivity index (χ1n) is 2.97. The van der Waals surface area contributed by atoms with Crippen LogP contribution in [0.1, 0.15) is 11.7 Å². The SMILES string of the molecule is [2H]c1ccccc1C(=O)Cl. The van der Waals surface area contributed by atoms with Crippen molar-refractivity contribution >= 4 is 16.8 Å². The van der Waals surface area contributed by atoms with Crippen molar-refractivity contribution in [3.05, 3.63) is 35.9 Å². The first-order chi connectivity index (χ1) is 4.72. The Kier molecular flexibility index (Phi) is 1.47. The summed E-state index contributed by atoms with van der Waals surface area (Å²) < 4.78 is 7.20. The van der Waals surface area contributed by atoms with Gasteiger partial charge in [0.2, 0.25) is 0 Å². The predicted octanol–water partition coefficient (Wildman–Crippen LogP) is 2.07. The van der Waals surface area contributed by atoms with Crippen LogP contribution < -0.4 is 0 Å². The van der Waals surface area contributed by atoms with Crippen molar-refractivity contribution in [1.82, 2.24) is 0 Å². The summed E-state index contributed by atoms with van der Waals surface area (Å²) in [6.07, 6.45) is 0. The second-order valence-corrected chi connectivity index (χ2v) is 1.89. The highest BCUT2D eigenvalue weighted by atomic mass is 35.5. The van der Waals surface area contributed by atoms with E-state index >= 15 is 0 Å². The molecule has 46 valence electrons. The summed E-state index contributed by atoms with van der Waals surface area (Å²) in [5.74, 6) is 0. The van der Waals surface area contributed by atoms with Gasteiger partial charge in [-0.3, -0.25) is 4.79 Å². The Bertz CT molecular complexity index is 260. The van der Waals surface area contributed by atoms with Gasteiger partial charge >= 0.3 is 0 Å². The van der Waals surface area contributed by atoms with Gasteiger partial charge in [0, 0.05) is 5.56 Å². The summed E-state index contributed by atoms with van der Waals surface area (Å²) in [5, 5.41) is -0.578. The average molecular weight is 142 g/mol. The lowest BCUT2D eigenvalue weighted by Gasteiger charge is -1.87. The second-order valence-electron chi connectivity index (χ2n) is 1.55. The molecule has 0 N–H and O–H groups in total. The minimum absolute atomic E-state index is 0.169. The smallest absolute Gasteiger partial charge is 0.252 e. The van der Waals surface area contributed by atoms with E-state index in [0.717, 1.165) is 0 Å².